The summed E-state index contributed by atoms with van der Waals surface area (Å²) >= 11 is 0. The van der Waals surface area contributed by atoms with Gasteiger partial charge >= 0.3 is 29.0 Å². The Kier molecular flexibility index (Phi) is 14.3. The Morgan fingerprint density at radius 1 is 0.758 bits per heavy atom. The molecule has 0 spiro atoms. The third-order valence-electron chi connectivity index (χ3n) is 4.93. The molecule has 5 nitrogen and oxygen atoms in total. The fourth-order valence-corrected chi connectivity index (χ4v) is 3.33. The van der Waals surface area contributed by atoms with E-state index >= 15 is 0 Å². The number of carbonyl (C=O) groups excluding carboxylic acids is 3. The number of benzene rings is 1. The number of ether oxygens (including phenoxy) is 2. The quantitative estimate of drug-likeness (QED) is 0.295. The molecule has 1 aromatic carbocycles. The Morgan fingerprint density at radius 3 is 1.64 bits per heavy atom. The molecule has 33 heavy (non-hydrogen) atoms. The van der Waals surface area contributed by atoms with Crippen molar-refractivity contribution in [3.8, 4) is 0 Å². The largest absolute Gasteiger partial charge is 2.00 e. The summed E-state index contributed by atoms with van der Waals surface area (Å²) in [5.41, 5.74) is 1.77. The maximum atomic E-state index is 12.7. The van der Waals surface area contributed by atoms with Crippen LogP contribution in [0.2, 0.25) is 0 Å². The van der Waals surface area contributed by atoms with Crippen LogP contribution in [0.5, 0.6) is 0 Å². The first kappa shape index (κ1) is 29.4. The van der Waals surface area contributed by atoms with E-state index in [4.69, 9.17) is 9.47 Å². The van der Waals surface area contributed by atoms with E-state index in [1.807, 2.05) is 63.3 Å². The van der Waals surface area contributed by atoms with Gasteiger partial charge in [-0.05, 0) is 84.1 Å². The van der Waals surface area contributed by atoms with Gasteiger partial charge in [-0.15, -0.1) is 0 Å². The van der Waals surface area contributed by atoms with Crippen molar-refractivity contribution < 1.29 is 40.9 Å². The van der Waals surface area contributed by atoms with Crippen molar-refractivity contribution in [2.75, 3.05) is 13.2 Å². The molecule has 0 N–H and O–H groups in total. The van der Waals surface area contributed by atoms with Gasteiger partial charge in [0, 0.05) is 18.3 Å². The fraction of sp³-hybridized carbons (Fsp3) is 0.296. The Morgan fingerprint density at radius 2 is 1.21 bits per heavy atom. The molecule has 0 aromatic heterocycles. The van der Waals surface area contributed by atoms with Gasteiger partial charge in [-0.2, -0.15) is 0 Å². The molecule has 1 unspecified atom stereocenters. The van der Waals surface area contributed by atoms with Crippen molar-refractivity contribution >= 4 is 17.7 Å². The zero-order valence-corrected chi connectivity index (χ0v) is 20.3. The first-order valence-corrected chi connectivity index (χ1v) is 10.8. The molecule has 2 saturated carbocycles. The molecule has 0 saturated heterocycles. The van der Waals surface area contributed by atoms with Crippen molar-refractivity contribution in [3.63, 3.8) is 0 Å². The number of hydrogen-bond acceptors (Lipinski definition) is 5. The van der Waals surface area contributed by atoms with E-state index in [0.717, 1.165) is 11.1 Å². The van der Waals surface area contributed by atoms with E-state index < -0.39 is 23.8 Å². The Bertz CT molecular complexity index is 695. The molecular formula is C27H30FeO5+2. The van der Waals surface area contributed by atoms with Crippen LogP contribution >= 0.6 is 0 Å². The number of hydrogen-bond donors (Lipinski definition) is 0. The zero-order valence-electron chi connectivity index (χ0n) is 19.2. The molecule has 0 aliphatic heterocycles. The van der Waals surface area contributed by atoms with Gasteiger partial charge in [-0.3, -0.25) is 14.4 Å². The van der Waals surface area contributed by atoms with Crippen LogP contribution in [0.15, 0.2) is 24.3 Å². The Labute approximate surface area is 209 Å². The molecule has 3 rings (SSSR count). The maximum absolute atomic E-state index is 12.7. The fourth-order valence-electron chi connectivity index (χ4n) is 3.33. The van der Waals surface area contributed by atoms with Crippen LogP contribution in [0.4, 0.5) is 0 Å². The molecule has 1 atom stereocenters. The minimum absolute atomic E-state index is 0. The first-order valence-electron chi connectivity index (χ1n) is 10.8. The monoisotopic (exact) mass is 490 g/mol. The van der Waals surface area contributed by atoms with Crippen LogP contribution in [0, 0.1) is 76.5 Å². The van der Waals surface area contributed by atoms with Crippen molar-refractivity contribution in [1.82, 2.24) is 0 Å². The van der Waals surface area contributed by atoms with E-state index in [2.05, 4.69) is 0 Å². The number of Topliss-reactive ketones (excluding diaryl/α,β-unsaturated/α-hetero) is 1. The molecule has 2 aliphatic carbocycles. The smallest absolute Gasteiger partial charge is 0.465 e. The van der Waals surface area contributed by atoms with E-state index in [0.29, 0.717) is 5.92 Å². The first-order chi connectivity index (χ1) is 15.5. The van der Waals surface area contributed by atoms with Crippen molar-refractivity contribution in [2.45, 2.75) is 33.1 Å². The van der Waals surface area contributed by atoms with Gasteiger partial charge in [0.15, 0.2) is 5.92 Å². The molecule has 174 valence electrons. The summed E-state index contributed by atoms with van der Waals surface area (Å²) in [7, 11) is 0. The van der Waals surface area contributed by atoms with Gasteiger partial charge in [0.1, 0.15) is 5.78 Å². The summed E-state index contributed by atoms with van der Waals surface area (Å²) in [6, 6.07) is 7.46. The van der Waals surface area contributed by atoms with Gasteiger partial charge in [0.2, 0.25) is 0 Å². The maximum Gasteiger partial charge on any atom is 2.00 e. The third kappa shape index (κ3) is 9.62. The van der Waals surface area contributed by atoms with Crippen LogP contribution in [-0.2, 0) is 40.9 Å². The Balaban J connectivity index is 0.000000799. The molecule has 0 amide bonds. The molecule has 10 radical (unpaired) electrons. The van der Waals surface area contributed by atoms with Crippen LogP contribution in [0.3, 0.4) is 0 Å². The molecule has 2 fully saturated rings. The second-order valence-corrected chi connectivity index (χ2v) is 7.26. The molecule has 1 aromatic rings. The molecule has 2 aliphatic rings. The number of rotatable bonds is 9. The van der Waals surface area contributed by atoms with Gasteiger partial charge in [0.25, 0.3) is 0 Å². The normalized spacial score (nSPS) is 16.4. The van der Waals surface area contributed by atoms with Crippen LogP contribution < -0.4 is 0 Å². The van der Waals surface area contributed by atoms with Gasteiger partial charge in [0.05, 0.1) is 13.2 Å². The average molecular weight is 490 g/mol. The molecule has 0 bridgehead atoms. The number of carbonyl (C=O) groups is 3. The second kappa shape index (κ2) is 16.1. The third-order valence-corrected chi connectivity index (χ3v) is 4.93. The molecule has 6 heteroatoms. The average Bonchev–Trinajstić information content (AvgIpc) is 3.51. The van der Waals surface area contributed by atoms with Crippen LogP contribution in [0.25, 0.3) is 0 Å². The van der Waals surface area contributed by atoms with Gasteiger partial charge in [-0.1, -0.05) is 29.8 Å². The SMILES string of the molecule is CCOC(=O)C(C(=O)OCC)C(CC(=O)[C]1[CH][CH][CH][CH]1)c1ccc(C)cc1.[CH]1[CH][CH][CH][CH]1.[Fe+2]. The van der Waals surface area contributed by atoms with E-state index in [-0.39, 0.29) is 42.5 Å². The van der Waals surface area contributed by atoms with Gasteiger partial charge in [-0.25, -0.2) is 0 Å². The molecular weight excluding hydrogens is 460 g/mol. The van der Waals surface area contributed by atoms with E-state index in [9.17, 15) is 14.4 Å². The van der Waals surface area contributed by atoms with Crippen LogP contribution in [-0.4, -0.2) is 30.9 Å². The van der Waals surface area contributed by atoms with E-state index in [1.165, 1.54) is 0 Å². The van der Waals surface area contributed by atoms with Gasteiger partial charge < -0.3 is 9.47 Å². The Hall–Kier alpha value is -1.65. The predicted octanol–water partition coefficient (Wildman–Crippen LogP) is 4.20. The standard InChI is InChI=1S/C22H25O5.C5H5.Fe/c1-4-26-21(24)20(22(25)27-5-2)18(16-12-10-15(3)11-13-16)14-19(23)17-8-6-7-9-17;1-2-4-5-3-1;/h6-13,18,20H,4-5,14H2,1-3H3;1-5H;/q;;+2. The minimum Gasteiger partial charge on any atom is -0.465 e. The summed E-state index contributed by atoms with van der Waals surface area (Å²) in [5, 5.41) is 0. The van der Waals surface area contributed by atoms with Crippen LogP contribution in [0.1, 0.15) is 37.3 Å². The predicted molar refractivity (Wildman–Crippen MR) is 122 cm³/mol. The summed E-state index contributed by atoms with van der Waals surface area (Å²) in [6.07, 6.45) is 17.0. The summed E-state index contributed by atoms with van der Waals surface area (Å²) in [6.45, 7) is 5.59. The topological polar surface area (TPSA) is 69.7 Å². The minimum atomic E-state index is -1.19. The summed E-state index contributed by atoms with van der Waals surface area (Å²) in [5.74, 6) is -2.77. The van der Waals surface area contributed by atoms with Crippen molar-refractivity contribution in [2.24, 2.45) is 5.92 Å². The number of esters is 2. The summed E-state index contributed by atoms with van der Waals surface area (Å²) in [4.78, 5) is 37.9. The molecule has 0 heterocycles. The number of ketones is 1. The summed E-state index contributed by atoms with van der Waals surface area (Å²) < 4.78 is 10.2. The van der Waals surface area contributed by atoms with E-state index in [1.54, 1.807) is 39.5 Å². The van der Waals surface area contributed by atoms with Crippen molar-refractivity contribution in [1.29, 1.82) is 0 Å². The zero-order chi connectivity index (χ0) is 23.3. The second-order valence-electron chi connectivity index (χ2n) is 7.26. The number of aryl methyl sites for hydroxylation is 1. The van der Waals surface area contributed by atoms with Crippen molar-refractivity contribution in [3.05, 3.63) is 99.1 Å².